The van der Waals surface area contributed by atoms with Crippen molar-refractivity contribution in [3.8, 4) is 33.5 Å². The molecule has 3 aliphatic rings. The number of aromatic amines is 2. The first kappa shape index (κ1) is 71.5. The van der Waals surface area contributed by atoms with Crippen molar-refractivity contribution in [1.82, 2.24) is 54.8 Å². The van der Waals surface area contributed by atoms with Crippen LogP contribution in [-0.2, 0) is 43.9 Å². The van der Waals surface area contributed by atoms with Crippen LogP contribution in [0.2, 0.25) is 77.1 Å². The van der Waals surface area contributed by atoms with Gasteiger partial charge in [0.05, 0.1) is 58.9 Å². The Labute approximate surface area is 562 Å². The van der Waals surface area contributed by atoms with Gasteiger partial charge in [-0.25, -0.2) is 24.1 Å². The molecule has 0 saturated carbocycles. The zero-order valence-corrected chi connectivity index (χ0v) is 60.9. The maximum atomic E-state index is 14.6. The Hall–Kier alpha value is -7.80. The molecule has 0 atom stereocenters. The summed E-state index contributed by atoms with van der Waals surface area (Å²) in [6.45, 7) is 34.1. The first-order valence-corrected chi connectivity index (χ1v) is 44.5. The number of nitrogens with one attached hydrogen (secondary N) is 5. The van der Waals surface area contributed by atoms with E-state index in [4.69, 9.17) is 29.7 Å². The molecule has 5 aromatic heterocycles. The first-order chi connectivity index (χ1) is 45.2. The Bertz CT molecular complexity index is 3690. The Balaban J connectivity index is 0.000000275. The van der Waals surface area contributed by atoms with E-state index in [0.29, 0.717) is 75.2 Å². The third-order valence-corrected chi connectivity index (χ3v) is 22.0. The third kappa shape index (κ3) is 21.9. The number of nitrogens with two attached hydrogens (primary N) is 1. The predicted octanol–water partition coefficient (Wildman–Crippen LogP) is 12.3. The molecule has 0 bridgehead atoms. The lowest BCUT2D eigenvalue weighted by atomic mass is 9.96. The molecule has 27 heteroatoms. The predicted molar refractivity (Wildman–Crippen MR) is 386 cm³/mol. The van der Waals surface area contributed by atoms with E-state index < -0.39 is 35.9 Å². The van der Waals surface area contributed by atoms with Crippen molar-refractivity contribution < 1.29 is 33.3 Å². The van der Waals surface area contributed by atoms with Crippen molar-refractivity contribution in [1.29, 1.82) is 0 Å². The molecule has 7 N–H and O–H groups in total. The lowest BCUT2D eigenvalue weighted by Crippen LogP contribution is -2.40. The van der Waals surface area contributed by atoms with Crippen molar-refractivity contribution in [2.24, 2.45) is 22.6 Å². The van der Waals surface area contributed by atoms with E-state index in [1.165, 1.54) is 0 Å². The number of nitrogens with zero attached hydrogens (tertiary/aromatic N) is 11. The Morgan fingerprint density at radius 3 is 1.64 bits per heavy atom. The Morgan fingerprint density at radius 1 is 0.611 bits per heavy atom. The number of anilines is 4. The van der Waals surface area contributed by atoms with Crippen LogP contribution >= 0.6 is 0 Å². The fourth-order valence-corrected chi connectivity index (χ4v) is 13.3. The molecule has 512 valence electrons. The summed E-state index contributed by atoms with van der Waals surface area (Å²) in [5.41, 5.74) is 16.0. The summed E-state index contributed by atoms with van der Waals surface area (Å²) in [6, 6.07) is 15.5. The van der Waals surface area contributed by atoms with Gasteiger partial charge in [0.15, 0.2) is 0 Å². The molecular formula is C68H101N17O7Si3. The summed E-state index contributed by atoms with van der Waals surface area (Å²) in [4.78, 5) is 54.1. The number of aliphatic imine (C=N–C) groups is 1. The molecule has 0 spiro atoms. The molecule has 0 radical (unpaired) electrons. The van der Waals surface area contributed by atoms with E-state index in [9.17, 15) is 14.4 Å². The number of carbonyl (C=O) groups excluding carboxylic acids is 3. The van der Waals surface area contributed by atoms with Gasteiger partial charge in [-0.2, -0.15) is 20.4 Å². The molecule has 2 saturated heterocycles. The number of hydrogen-bond acceptors (Lipinski definition) is 16. The summed E-state index contributed by atoms with van der Waals surface area (Å²) in [6.07, 6.45) is 22.3. The fourth-order valence-electron chi connectivity index (χ4n) is 11.0. The van der Waals surface area contributed by atoms with Gasteiger partial charge in [-0.05, 0) is 118 Å². The van der Waals surface area contributed by atoms with Crippen molar-refractivity contribution in [3.05, 3.63) is 110 Å². The molecule has 0 unspecified atom stereocenters. The molecule has 95 heavy (non-hydrogen) atoms. The largest absolute Gasteiger partial charge is 0.444 e. The van der Waals surface area contributed by atoms with Gasteiger partial charge in [0.1, 0.15) is 31.5 Å². The molecule has 2 fully saturated rings. The highest BCUT2D eigenvalue weighted by molar-refractivity contribution is 6.76. The van der Waals surface area contributed by atoms with E-state index in [1.807, 2.05) is 74.6 Å². The number of ether oxygens (including phenoxy) is 4. The molecule has 7 aromatic rings. The lowest BCUT2D eigenvalue weighted by molar-refractivity contribution is -0.110. The molecule has 24 nitrogen and oxygen atoms in total. The minimum absolute atomic E-state index is 0.186. The van der Waals surface area contributed by atoms with Crippen LogP contribution < -0.4 is 31.5 Å². The van der Waals surface area contributed by atoms with Gasteiger partial charge in [-0.1, -0.05) is 77.1 Å². The zero-order chi connectivity index (χ0) is 67.9. The number of hydrogen-bond donors (Lipinski definition) is 6. The second-order valence-electron chi connectivity index (χ2n) is 29.7. The van der Waals surface area contributed by atoms with Crippen LogP contribution in [0, 0.1) is 11.8 Å². The SMILES string of the molecule is CC(C)(C)OC(=O)NCC1CCN(c2ccc(-c3cnn(COCC[Si](C)(C)C)c3)cc2NC(=O)c2nc(-c3cnn(COCC[Si](C)(C)C)c3)cn2COCC[Si](C)(C)C)CC1.NCC1CCN(c2ccc(-c3cn[nH]c3)cc2NC(=O)C2=NC(c3cn[nH]c3)=CC2)CC1. The number of allylic oxidation sites excluding steroid dienone is 1. The van der Waals surface area contributed by atoms with Crippen LogP contribution in [0.1, 0.15) is 69.1 Å². The highest BCUT2D eigenvalue weighted by atomic mass is 28.3. The summed E-state index contributed by atoms with van der Waals surface area (Å²) in [7, 11) is -3.75. The van der Waals surface area contributed by atoms with E-state index in [-0.39, 0.29) is 24.4 Å². The molecule has 3 amide bonds. The van der Waals surface area contributed by atoms with Crippen molar-refractivity contribution in [2.45, 2.75) is 156 Å². The summed E-state index contributed by atoms with van der Waals surface area (Å²) in [5.74, 6) is 0.567. The number of amides is 3. The Morgan fingerprint density at radius 2 is 1.12 bits per heavy atom. The minimum Gasteiger partial charge on any atom is -0.444 e. The van der Waals surface area contributed by atoms with Crippen LogP contribution in [0.3, 0.4) is 0 Å². The maximum absolute atomic E-state index is 14.6. The number of benzene rings is 2. The molecule has 8 heterocycles. The third-order valence-electron chi connectivity index (χ3n) is 16.8. The van der Waals surface area contributed by atoms with Crippen LogP contribution in [0.25, 0.3) is 39.2 Å². The highest BCUT2D eigenvalue weighted by Gasteiger charge is 2.28. The standard InChI is InChI=1S/C45H75N9O6Si3.C23H26N8O/c1-45(2,3)60-44(56)46-26-35-15-17-51(18-16-35)41-14-13-36(37-27-47-53(29-37)33-58-20-23-62(7,8)9)25-39(41)50-43(55)42-49-40(31-52(42)32-57-19-22-61(4,5)6)38-28-48-54(30-38)34-59-21-24-63(10,11)12;24-10-15-5-7-31(8-6-15)22-4-1-16(17-11-25-26-12-17)9-21(22)30-23(32)20-3-2-19(29-20)18-13-27-28-14-18/h13-14,25,27-31,35H,15-24,26,32-34H2,1-12H3,(H,46,56)(H,50,55);1-2,4,9,11-15H,3,5-8,10,24H2,(H,25,26)(H,27,28)(H,30,32). The number of imidazole rings is 1. The molecule has 3 aliphatic heterocycles. The van der Waals surface area contributed by atoms with Crippen molar-refractivity contribution >= 4 is 76.3 Å². The monoisotopic (exact) mass is 1350 g/mol. The van der Waals surface area contributed by atoms with Crippen LogP contribution in [0.5, 0.6) is 0 Å². The van der Waals surface area contributed by atoms with Crippen LogP contribution in [-0.4, -0.2) is 162 Å². The van der Waals surface area contributed by atoms with Gasteiger partial charge in [0.25, 0.3) is 11.8 Å². The first-order valence-electron chi connectivity index (χ1n) is 33.4. The number of carbonyl (C=O) groups is 3. The second kappa shape index (κ2) is 32.3. The fraction of sp³-hybridized carbons (Fsp3) is 0.515. The molecule has 0 aliphatic carbocycles. The highest BCUT2D eigenvalue weighted by Crippen LogP contribution is 2.37. The molecular weight excluding hydrogens is 1250 g/mol. The smallest absolute Gasteiger partial charge is 0.407 e. The van der Waals surface area contributed by atoms with Crippen LogP contribution in [0.15, 0.2) is 103 Å². The van der Waals surface area contributed by atoms with Gasteiger partial charge in [0, 0.05) is 136 Å². The summed E-state index contributed by atoms with van der Waals surface area (Å²) >= 11 is 0. The maximum Gasteiger partial charge on any atom is 0.407 e. The average molecular weight is 1350 g/mol. The van der Waals surface area contributed by atoms with E-state index in [0.717, 1.165) is 133 Å². The van der Waals surface area contributed by atoms with E-state index in [1.54, 1.807) is 34.0 Å². The van der Waals surface area contributed by atoms with Gasteiger partial charge in [-0.15, -0.1) is 0 Å². The number of aromatic nitrogens is 10. The zero-order valence-electron chi connectivity index (χ0n) is 57.9. The van der Waals surface area contributed by atoms with Gasteiger partial charge in [0.2, 0.25) is 5.82 Å². The normalized spacial score (nSPS) is 15.1. The average Bonchev–Trinajstić information content (AvgIpc) is 1.80. The van der Waals surface area contributed by atoms with Gasteiger partial charge in [-0.3, -0.25) is 19.8 Å². The number of alkyl carbamates (subject to hydrolysis) is 1. The number of H-pyrrole nitrogens is 2. The Kier molecular flexibility index (Phi) is 24.3. The van der Waals surface area contributed by atoms with E-state index >= 15 is 0 Å². The minimum atomic E-state index is -1.34. The number of piperidine rings is 2. The number of rotatable bonds is 28. The lowest BCUT2D eigenvalue weighted by Gasteiger charge is -2.35. The van der Waals surface area contributed by atoms with Gasteiger partial charge < -0.3 is 55.0 Å². The van der Waals surface area contributed by atoms with E-state index in [2.05, 4.69) is 145 Å². The quantitative estimate of drug-likeness (QED) is 0.0196. The summed E-state index contributed by atoms with van der Waals surface area (Å²) < 4.78 is 28.9. The second-order valence-corrected chi connectivity index (χ2v) is 46.5. The van der Waals surface area contributed by atoms with Crippen molar-refractivity contribution in [2.75, 3.05) is 79.5 Å². The molecule has 2 aromatic carbocycles. The van der Waals surface area contributed by atoms with Crippen molar-refractivity contribution in [3.63, 3.8) is 0 Å². The topological polar surface area (TPSA) is 280 Å². The van der Waals surface area contributed by atoms with Gasteiger partial charge >= 0.3 is 6.09 Å². The molecule has 10 rings (SSSR count). The summed E-state index contributed by atoms with van der Waals surface area (Å²) in [5, 5.41) is 32.1. The van der Waals surface area contributed by atoms with Crippen LogP contribution in [0.4, 0.5) is 27.5 Å².